The lowest BCUT2D eigenvalue weighted by Crippen LogP contribution is -2.76. The van der Waals surface area contributed by atoms with Crippen LogP contribution in [0.1, 0.15) is 33.6 Å². The van der Waals surface area contributed by atoms with Crippen LogP contribution in [-0.4, -0.2) is 74.4 Å². The van der Waals surface area contributed by atoms with E-state index >= 15 is 0 Å². The Morgan fingerprint density at radius 1 is 1.11 bits per heavy atom. The minimum atomic E-state index is -1.98. The number of aliphatic hydroxyl groups is 5. The SMILES string of the molecule is CC1=C2C[C@H]3OC(=O)[C@H](O)[C@H]4[C@@H](C)[C@@H](O)[C@]5(O)OC[C@@]43[C@H]5[C@@]2(C)[C@H](O)[C@@H](O)C1. The molecule has 5 aliphatic rings. The quantitative estimate of drug-likeness (QED) is 0.262. The highest BCUT2D eigenvalue weighted by Gasteiger charge is 2.82. The Labute approximate surface area is 162 Å². The fourth-order valence-electron chi connectivity index (χ4n) is 7.67. The van der Waals surface area contributed by atoms with Crippen LogP contribution in [0.3, 0.4) is 0 Å². The monoisotopic (exact) mass is 396 g/mol. The summed E-state index contributed by atoms with van der Waals surface area (Å²) >= 11 is 0. The molecule has 0 aromatic carbocycles. The first-order valence-corrected chi connectivity index (χ1v) is 9.99. The molecule has 4 fully saturated rings. The van der Waals surface area contributed by atoms with E-state index in [1.165, 1.54) is 0 Å². The zero-order valence-corrected chi connectivity index (χ0v) is 16.2. The Balaban J connectivity index is 1.81. The molecule has 0 aromatic rings. The summed E-state index contributed by atoms with van der Waals surface area (Å²) in [6, 6.07) is 0. The van der Waals surface area contributed by atoms with Gasteiger partial charge in [0, 0.05) is 29.1 Å². The molecular formula is C20H28O8. The third-order valence-electron chi connectivity index (χ3n) is 8.70. The number of fused-ring (bicyclic) bond motifs is 1. The molecule has 1 spiro atoms. The number of aliphatic hydroxyl groups excluding tert-OH is 4. The highest BCUT2D eigenvalue weighted by molar-refractivity contribution is 5.77. The van der Waals surface area contributed by atoms with Gasteiger partial charge in [0.2, 0.25) is 0 Å². The van der Waals surface area contributed by atoms with E-state index in [9.17, 15) is 30.3 Å². The van der Waals surface area contributed by atoms with Gasteiger partial charge in [-0.2, -0.15) is 0 Å². The van der Waals surface area contributed by atoms with Crippen LogP contribution in [0.5, 0.6) is 0 Å². The van der Waals surface area contributed by atoms with E-state index in [1.807, 2.05) is 6.92 Å². The van der Waals surface area contributed by atoms with Gasteiger partial charge in [0.25, 0.3) is 0 Å². The molecule has 156 valence electrons. The van der Waals surface area contributed by atoms with Gasteiger partial charge in [-0.05, 0) is 19.3 Å². The first kappa shape index (κ1) is 19.0. The Kier molecular flexibility index (Phi) is 3.63. The zero-order chi connectivity index (χ0) is 20.4. The van der Waals surface area contributed by atoms with E-state index in [1.54, 1.807) is 13.8 Å². The zero-order valence-electron chi connectivity index (χ0n) is 16.2. The van der Waals surface area contributed by atoms with E-state index in [0.29, 0.717) is 6.42 Å². The van der Waals surface area contributed by atoms with E-state index in [-0.39, 0.29) is 13.0 Å². The maximum absolute atomic E-state index is 12.4. The van der Waals surface area contributed by atoms with Crippen molar-refractivity contribution >= 4 is 5.97 Å². The van der Waals surface area contributed by atoms with Crippen molar-refractivity contribution in [2.75, 3.05) is 6.61 Å². The first-order chi connectivity index (χ1) is 13.0. The van der Waals surface area contributed by atoms with Gasteiger partial charge in [-0.15, -0.1) is 0 Å². The van der Waals surface area contributed by atoms with Gasteiger partial charge in [0.15, 0.2) is 11.9 Å². The van der Waals surface area contributed by atoms with Crippen LogP contribution in [0.15, 0.2) is 11.1 Å². The average Bonchev–Trinajstić information content (AvgIpc) is 2.92. The van der Waals surface area contributed by atoms with Crippen molar-refractivity contribution in [3.63, 3.8) is 0 Å². The minimum absolute atomic E-state index is 0.0000269. The van der Waals surface area contributed by atoms with E-state index in [0.717, 1.165) is 11.1 Å². The lowest BCUT2D eigenvalue weighted by atomic mass is 9.39. The van der Waals surface area contributed by atoms with Crippen LogP contribution in [0, 0.1) is 28.6 Å². The molecule has 0 radical (unpaired) electrons. The van der Waals surface area contributed by atoms with Crippen molar-refractivity contribution in [2.45, 2.75) is 69.9 Å². The summed E-state index contributed by atoms with van der Waals surface area (Å²) in [6.07, 6.45) is -5.01. The first-order valence-electron chi connectivity index (χ1n) is 9.99. The molecule has 2 saturated carbocycles. The van der Waals surface area contributed by atoms with Crippen molar-refractivity contribution in [1.82, 2.24) is 0 Å². The van der Waals surface area contributed by atoms with Crippen molar-refractivity contribution in [2.24, 2.45) is 28.6 Å². The lowest BCUT2D eigenvalue weighted by molar-refractivity contribution is -0.330. The van der Waals surface area contributed by atoms with Crippen LogP contribution in [-0.2, 0) is 14.3 Å². The Morgan fingerprint density at radius 2 is 1.79 bits per heavy atom. The Hall–Kier alpha value is -1.03. The number of hydrogen-bond acceptors (Lipinski definition) is 8. The highest BCUT2D eigenvalue weighted by Crippen LogP contribution is 2.73. The predicted molar refractivity (Wildman–Crippen MR) is 93.4 cm³/mol. The number of carbonyl (C=O) groups is 1. The summed E-state index contributed by atoms with van der Waals surface area (Å²) in [5.41, 5.74) is -0.349. The van der Waals surface area contributed by atoms with Crippen molar-refractivity contribution < 1.29 is 39.8 Å². The van der Waals surface area contributed by atoms with Crippen LogP contribution in [0.2, 0.25) is 0 Å². The van der Waals surface area contributed by atoms with Gasteiger partial charge in [-0.1, -0.05) is 25.0 Å². The number of esters is 1. The molecule has 5 rings (SSSR count). The van der Waals surface area contributed by atoms with Gasteiger partial charge in [0.1, 0.15) is 12.2 Å². The molecule has 2 heterocycles. The van der Waals surface area contributed by atoms with Crippen LogP contribution in [0.4, 0.5) is 0 Å². The largest absolute Gasteiger partial charge is 0.459 e. The second-order valence-corrected chi connectivity index (χ2v) is 9.75. The Bertz CT molecular complexity index is 780. The lowest BCUT2D eigenvalue weighted by Gasteiger charge is -2.67. The normalized spacial score (nSPS) is 60.2. The smallest absolute Gasteiger partial charge is 0.335 e. The molecule has 0 aromatic heterocycles. The van der Waals surface area contributed by atoms with Crippen molar-refractivity contribution in [3.05, 3.63) is 11.1 Å². The summed E-state index contributed by atoms with van der Waals surface area (Å²) in [4.78, 5) is 12.4. The van der Waals surface area contributed by atoms with E-state index in [2.05, 4.69) is 0 Å². The summed E-state index contributed by atoms with van der Waals surface area (Å²) in [6.45, 7) is 5.34. The molecule has 0 unspecified atom stereocenters. The minimum Gasteiger partial charge on any atom is -0.459 e. The summed E-state index contributed by atoms with van der Waals surface area (Å²) in [5.74, 6) is -4.85. The predicted octanol–water partition coefficient (Wildman–Crippen LogP) is -0.927. The molecule has 2 saturated heterocycles. The number of rotatable bonds is 0. The second kappa shape index (κ2) is 5.36. The third-order valence-corrected chi connectivity index (χ3v) is 8.70. The maximum atomic E-state index is 12.4. The number of ether oxygens (including phenoxy) is 2. The Morgan fingerprint density at radius 3 is 2.46 bits per heavy atom. The molecule has 11 atom stereocenters. The van der Waals surface area contributed by atoms with Crippen molar-refractivity contribution in [3.8, 4) is 0 Å². The fraction of sp³-hybridized carbons (Fsp3) is 0.850. The van der Waals surface area contributed by atoms with Gasteiger partial charge in [0.05, 0.1) is 18.8 Å². The molecule has 8 heteroatoms. The average molecular weight is 396 g/mol. The molecule has 5 N–H and O–H groups in total. The number of hydrogen-bond donors (Lipinski definition) is 5. The van der Waals surface area contributed by atoms with Gasteiger partial charge in [-0.3, -0.25) is 0 Å². The number of carbonyl (C=O) groups excluding carboxylic acids is 1. The van der Waals surface area contributed by atoms with Crippen LogP contribution >= 0.6 is 0 Å². The van der Waals surface area contributed by atoms with Crippen LogP contribution < -0.4 is 0 Å². The summed E-state index contributed by atoms with van der Waals surface area (Å²) < 4.78 is 11.5. The second-order valence-electron chi connectivity index (χ2n) is 9.75. The van der Waals surface area contributed by atoms with Crippen LogP contribution in [0.25, 0.3) is 0 Å². The molecular weight excluding hydrogens is 368 g/mol. The maximum Gasteiger partial charge on any atom is 0.335 e. The standard InChI is InChI=1S/C20H28O8/c1-7-4-10(21)15(24)18(3)9(7)5-11-19-6-27-20(26,17(18)19)14(23)8(2)12(19)13(22)16(25)28-11/h8,10-15,17,21-24,26H,4-6H2,1-3H3/t8-,10+,11-,12-,13-,14-,15-,17-,18-,19+,20+/m1/s1. The molecule has 2 bridgehead atoms. The third kappa shape index (κ3) is 1.77. The van der Waals surface area contributed by atoms with Crippen molar-refractivity contribution in [1.29, 1.82) is 0 Å². The summed E-state index contributed by atoms with van der Waals surface area (Å²) in [5, 5.41) is 54.9. The fourth-order valence-corrected chi connectivity index (χ4v) is 7.67. The summed E-state index contributed by atoms with van der Waals surface area (Å²) in [7, 11) is 0. The van der Waals surface area contributed by atoms with Gasteiger partial charge >= 0.3 is 5.97 Å². The molecule has 0 amide bonds. The van der Waals surface area contributed by atoms with Gasteiger partial charge in [-0.25, -0.2) is 4.79 Å². The van der Waals surface area contributed by atoms with Gasteiger partial charge < -0.3 is 35.0 Å². The van der Waals surface area contributed by atoms with E-state index < -0.39 is 70.9 Å². The molecule has 28 heavy (non-hydrogen) atoms. The molecule has 3 aliphatic carbocycles. The molecule has 8 nitrogen and oxygen atoms in total. The topological polar surface area (TPSA) is 137 Å². The van der Waals surface area contributed by atoms with E-state index in [4.69, 9.17) is 9.47 Å². The highest BCUT2D eigenvalue weighted by atomic mass is 16.7. The molecule has 2 aliphatic heterocycles.